The SMILES string of the molecule is CCC(=O)N[C@H](CC=O)CC(C)C. The lowest BCUT2D eigenvalue weighted by molar-refractivity contribution is -0.121. The van der Waals surface area contributed by atoms with Gasteiger partial charge < -0.3 is 10.1 Å². The van der Waals surface area contributed by atoms with Crippen molar-refractivity contribution in [1.82, 2.24) is 5.32 Å². The fourth-order valence-corrected chi connectivity index (χ4v) is 1.23. The van der Waals surface area contributed by atoms with Gasteiger partial charge >= 0.3 is 0 Å². The molecule has 0 rings (SSSR count). The van der Waals surface area contributed by atoms with Gasteiger partial charge in [0.05, 0.1) is 0 Å². The predicted octanol–water partition coefficient (Wildman–Crippen LogP) is 1.52. The Kier molecular flexibility index (Phi) is 6.20. The standard InChI is InChI=1S/C10H19NO2/c1-4-10(13)11-9(5-6-12)7-8(2)3/h6,8-9H,4-5,7H2,1-3H3,(H,11,13)/t9-/m1/s1. The molecule has 0 fully saturated rings. The number of nitrogens with one attached hydrogen (secondary N) is 1. The Morgan fingerprint density at radius 3 is 2.46 bits per heavy atom. The summed E-state index contributed by atoms with van der Waals surface area (Å²) >= 11 is 0. The lowest BCUT2D eigenvalue weighted by atomic mass is 10.0. The van der Waals surface area contributed by atoms with E-state index in [0.29, 0.717) is 18.8 Å². The number of aldehydes is 1. The van der Waals surface area contributed by atoms with Gasteiger partial charge in [-0.3, -0.25) is 4.79 Å². The summed E-state index contributed by atoms with van der Waals surface area (Å²) in [5.74, 6) is 0.523. The fraction of sp³-hybridized carbons (Fsp3) is 0.800. The number of amides is 1. The van der Waals surface area contributed by atoms with Crippen molar-refractivity contribution in [2.24, 2.45) is 5.92 Å². The molecule has 1 N–H and O–H groups in total. The van der Waals surface area contributed by atoms with Crippen LogP contribution in [-0.2, 0) is 9.59 Å². The highest BCUT2D eigenvalue weighted by atomic mass is 16.1. The fourth-order valence-electron chi connectivity index (χ4n) is 1.23. The molecule has 1 amide bonds. The van der Waals surface area contributed by atoms with E-state index in [2.05, 4.69) is 19.2 Å². The van der Waals surface area contributed by atoms with E-state index in [1.54, 1.807) is 0 Å². The van der Waals surface area contributed by atoms with E-state index in [4.69, 9.17) is 0 Å². The highest BCUT2D eigenvalue weighted by molar-refractivity contribution is 5.76. The second kappa shape index (κ2) is 6.63. The van der Waals surface area contributed by atoms with E-state index < -0.39 is 0 Å². The van der Waals surface area contributed by atoms with Crippen molar-refractivity contribution < 1.29 is 9.59 Å². The van der Waals surface area contributed by atoms with Crippen LogP contribution >= 0.6 is 0 Å². The van der Waals surface area contributed by atoms with Crippen LogP contribution in [0.5, 0.6) is 0 Å². The Morgan fingerprint density at radius 2 is 2.08 bits per heavy atom. The summed E-state index contributed by atoms with van der Waals surface area (Å²) in [7, 11) is 0. The molecule has 0 unspecified atom stereocenters. The summed E-state index contributed by atoms with van der Waals surface area (Å²) in [4.78, 5) is 21.4. The molecule has 0 aliphatic carbocycles. The number of hydrogen-bond donors (Lipinski definition) is 1. The summed E-state index contributed by atoms with van der Waals surface area (Å²) in [5, 5.41) is 2.83. The van der Waals surface area contributed by atoms with Crippen LogP contribution in [0.3, 0.4) is 0 Å². The summed E-state index contributed by atoms with van der Waals surface area (Å²) < 4.78 is 0. The molecule has 0 aromatic rings. The normalized spacial score (nSPS) is 12.6. The molecule has 0 heterocycles. The molecule has 1 atom stereocenters. The van der Waals surface area contributed by atoms with E-state index in [0.717, 1.165) is 12.7 Å². The van der Waals surface area contributed by atoms with Crippen LogP contribution in [0, 0.1) is 5.92 Å². The third kappa shape index (κ3) is 6.31. The van der Waals surface area contributed by atoms with Gasteiger partial charge in [0.1, 0.15) is 6.29 Å². The van der Waals surface area contributed by atoms with Crippen LogP contribution in [0.1, 0.15) is 40.0 Å². The minimum Gasteiger partial charge on any atom is -0.353 e. The monoisotopic (exact) mass is 185 g/mol. The number of carbonyl (C=O) groups excluding carboxylic acids is 2. The van der Waals surface area contributed by atoms with Crippen molar-refractivity contribution in [3.05, 3.63) is 0 Å². The molecule has 13 heavy (non-hydrogen) atoms. The van der Waals surface area contributed by atoms with Crippen LogP contribution in [0.15, 0.2) is 0 Å². The van der Waals surface area contributed by atoms with E-state index in [1.165, 1.54) is 0 Å². The second-order valence-corrected chi connectivity index (χ2v) is 3.65. The molecule has 0 spiro atoms. The van der Waals surface area contributed by atoms with Gasteiger partial charge in [-0.05, 0) is 12.3 Å². The van der Waals surface area contributed by atoms with Crippen molar-refractivity contribution in [3.8, 4) is 0 Å². The van der Waals surface area contributed by atoms with Crippen molar-refractivity contribution in [3.63, 3.8) is 0 Å². The molecule has 3 heteroatoms. The van der Waals surface area contributed by atoms with Crippen LogP contribution in [0.4, 0.5) is 0 Å². The van der Waals surface area contributed by atoms with Crippen LogP contribution in [0.25, 0.3) is 0 Å². The average molecular weight is 185 g/mol. The third-order valence-corrected chi connectivity index (χ3v) is 1.82. The maximum absolute atomic E-state index is 11.1. The van der Waals surface area contributed by atoms with E-state index in [-0.39, 0.29) is 11.9 Å². The Labute approximate surface area is 79.9 Å². The first-order valence-corrected chi connectivity index (χ1v) is 4.83. The van der Waals surface area contributed by atoms with E-state index in [1.807, 2.05) is 6.92 Å². The van der Waals surface area contributed by atoms with E-state index >= 15 is 0 Å². The molecule has 0 saturated carbocycles. The number of hydrogen-bond acceptors (Lipinski definition) is 2. The first-order valence-electron chi connectivity index (χ1n) is 4.83. The molecular weight excluding hydrogens is 166 g/mol. The van der Waals surface area contributed by atoms with Crippen molar-refractivity contribution in [2.45, 2.75) is 46.1 Å². The van der Waals surface area contributed by atoms with Gasteiger partial charge in [-0.25, -0.2) is 0 Å². The molecule has 0 radical (unpaired) electrons. The van der Waals surface area contributed by atoms with Crippen LogP contribution in [0.2, 0.25) is 0 Å². The first-order chi connectivity index (χ1) is 6.10. The highest BCUT2D eigenvalue weighted by Crippen LogP contribution is 2.06. The van der Waals surface area contributed by atoms with Crippen LogP contribution in [-0.4, -0.2) is 18.2 Å². The van der Waals surface area contributed by atoms with Crippen molar-refractivity contribution in [1.29, 1.82) is 0 Å². The third-order valence-electron chi connectivity index (χ3n) is 1.82. The maximum Gasteiger partial charge on any atom is 0.219 e. The minimum absolute atomic E-state index is 0.0185. The smallest absolute Gasteiger partial charge is 0.219 e. The van der Waals surface area contributed by atoms with Gasteiger partial charge in [-0.1, -0.05) is 20.8 Å². The average Bonchev–Trinajstić information content (AvgIpc) is 2.03. The second-order valence-electron chi connectivity index (χ2n) is 3.65. The van der Waals surface area contributed by atoms with Gasteiger partial charge in [-0.2, -0.15) is 0 Å². The lowest BCUT2D eigenvalue weighted by Gasteiger charge is -2.17. The first kappa shape index (κ1) is 12.1. The Hall–Kier alpha value is -0.860. The molecule has 0 aromatic heterocycles. The van der Waals surface area contributed by atoms with Gasteiger partial charge in [0.25, 0.3) is 0 Å². The Balaban J connectivity index is 3.92. The zero-order chi connectivity index (χ0) is 10.3. The maximum atomic E-state index is 11.1. The topological polar surface area (TPSA) is 46.2 Å². The molecular formula is C10H19NO2. The molecule has 0 aliphatic heterocycles. The van der Waals surface area contributed by atoms with Gasteiger partial charge in [-0.15, -0.1) is 0 Å². The summed E-state index contributed by atoms with van der Waals surface area (Å²) in [6.07, 6.45) is 2.63. The molecule has 0 aliphatic rings. The highest BCUT2D eigenvalue weighted by Gasteiger charge is 2.11. The predicted molar refractivity (Wildman–Crippen MR) is 52.4 cm³/mol. The Morgan fingerprint density at radius 1 is 1.46 bits per heavy atom. The molecule has 0 aromatic carbocycles. The van der Waals surface area contributed by atoms with Gasteiger partial charge in [0.15, 0.2) is 0 Å². The van der Waals surface area contributed by atoms with E-state index in [9.17, 15) is 9.59 Å². The zero-order valence-corrected chi connectivity index (χ0v) is 8.67. The number of rotatable bonds is 6. The largest absolute Gasteiger partial charge is 0.353 e. The molecule has 0 saturated heterocycles. The lowest BCUT2D eigenvalue weighted by Crippen LogP contribution is -2.35. The zero-order valence-electron chi connectivity index (χ0n) is 8.67. The summed E-state index contributed by atoms with van der Waals surface area (Å²) in [6, 6.07) is 0.0185. The minimum atomic E-state index is 0.0185. The molecule has 76 valence electrons. The molecule has 3 nitrogen and oxygen atoms in total. The quantitative estimate of drug-likeness (QED) is 0.638. The van der Waals surface area contributed by atoms with Crippen LogP contribution < -0.4 is 5.32 Å². The summed E-state index contributed by atoms with van der Waals surface area (Å²) in [5.41, 5.74) is 0. The number of carbonyl (C=O) groups is 2. The summed E-state index contributed by atoms with van der Waals surface area (Å²) in [6.45, 7) is 5.97. The van der Waals surface area contributed by atoms with Gasteiger partial charge in [0, 0.05) is 18.9 Å². The molecule has 0 bridgehead atoms. The van der Waals surface area contributed by atoms with Crippen molar-refractivity contribution >= 4 is 12.2 Å². The Bertz CT molecular complexity index is 166. The van der Waals surface area contributed by atoms with Gasteiger partial charge in [0.2, 0.25) is 5.91 Å². The van der Waals surface area contributed by atoms with Crippen molar-refractivity contribution in [2.75, 3.05) is 0 Å².